The Bertz CT molecular complexity index is 600. The lowest BCUT2D eigenvalue weighted by Gasteiger charge is -2.15. The van der Waals surface area contributed by atoms with E-state index >= 15 is 0 Å². The first-order valence-corrected chi connectivity index (χ1v) is 6.13. The maximum atomic E-state index is 12.4. The molecule has 0 fully saturated rings. The Kier molecular flexibility index (Phi) is 3.83. The van der Waals surface area contributed by atoms with Crippen LogP contribution in [0.5, 0.6) is 5.75 Å². The molecule has 1 aromatic heterocycles. The van der Waals surface area contributed by atoms with Gasteiger partial charge in [-0.05, 0) is 25.0 Å². The molecule has 0 bridgehead atoms. The van der Waals surface area contributed by atoms with Gasteiger partial charge in [-0.3, -0.25) is 0 Å². The fourth-order valence-electron chi connectivity index (χ4n) is 2.33. The number of pyridine rings is 1. The van der Waals surface area contributed by atoms with Gasteiger partial charge in [0.15, 0.2) is 5.75 Å². The number of hydrogen-bond acceptors (Lipinski definition) is 3. The van der Waals surface area contributed by atoms with Gasteiger partial charge in [0.2, 0.25) is 0 Å². The summed E-state index contributed by atoms with van der Waals surface area (Å²) in [6, 6.07) is 5.05. The topological polar surface area (TPSA) is 34.1 Å². The molecule has 102 valence electrons. The fourth-order valence-corrected chi connectivity index (χ4v) is 2.33. The summed E-state index contributed by atoms with van der Waals surface area (Å²) >= 11 is 0. The predicted molar refractivity (Wildman–Crippen MR) is 72.0 cm³/mol. The van der Waals surface area contributed by atoms with Crippen LogP contribution in [0.25, 0.3) is 10.9 Å². The van der Waals surface area contributed by atoms with Crippen molar-refractivity contribution in [3.8, 4) is 5.75 Å². The van der Waals surface area contributed by atoms with E-state index in [2.05, 4.69) is 15.0 Å². The Morgan fingerprint density at radius 1 is 1.37 bits per heavy atom. The third kappa shape index (κ3) is 2.45. The number of benzene rings is 1. The summed E-state index contributed by atoms with van der Waals surface area (Å²) in [5.41, 5.74) is 3.29. The third-order valence-corrected chi connectivity index (χ3v) is 3.11. The fraction of sp³-hybridized carbons (Fsp3) is 0.357. The molecule has 19 heavy (non-hydrogen) atoms. The molecule has 0 atom stereocenters. The summed E-state index contributed by atoms with van der Waals surface area (Å²) in [5, 5.41) is 3.92. The number of nitrogens with zero attached hydrogens (tertiary/aromatic N) is 1. The van der Waals surface area contributed by atoms with Gasteiger partial charge < -0.3 is 10.1 Å². The lowest BCUT2D eigenvalue weighted by atomic mass is 10.0. The van der Waals surface area contributed by atoms with E-state index in [0.29, 0.717) is 5.52 Å². The Hall–Kier alpha value is -1.91. The van der Waals surface area contributed by atoms with Crippen LogP contribution in [-0.4, -0.2) is 18.6 Å². The first-order valence-electron chi connectivity index (χ1n) is 6.13. The van der Waals surface area contributed by atoms with Crippen molar-refractivity contribution >= 4 is 16.6 Å². The average Bonchev–Trinajstić information content (AvgIpc) is 2.37. The number of halogens is 2. The van der Waals surface area contributed by atoms with E-state index in [1.165, 1.54) is 6.07 Å². The molecular formula is C14H16F2N2O. The van der Waals surface area contributed by atoms with E-state index in [1.807, 2.05) is 27.0 Å². The van der Waals surface area contributed by atoms with Crippen LogP contribution < -0.4 is 10.1 Å². The summed E-state index contributed by atoms with van der Waals surface area (Å²) in [4.78, 5) is 4.41. The van der Waals surface area contributed by atoms with Crippen LogP contribution in [0.4, 0.5) is 14.5 Å². The maximum absolute atomic E-state index is 12.4. The largest absolute Gasteiger partial charge is 0.432 e. The molecule has 3 nitrogen and oxygen atoms in total. The molecule has 0 saturated heterocycles. The molecule has 1 aromatic carbocycles. The highest BCUT2D eigenvalue weighted by molar-refractivity contribution is 5.96. The minimum atomic E-state index is -2.85. The smallest absolute Gasteiger partial charge is 0.387 e. The molecule has 1 heterocycles. The molecule has 0 spiro atoms. The maximum Gasteiger partial charge on any atom is 0.387 e. The average molecular weight is 266 g/mol. The summed E-state index contributed by atoms with van der Waals surface area (Å²) in [6.07, 6.45) is 0.824. The second-order valence-electron chi connectivity index (χ2n) is 4.19. The van der Waals surface area contributed by atoms with Gasteiger partial charge in [-0.2, -0.15) is 8.78 Å². The van der Waals surface area contributed by atoms with E-state index in [-0.39, 0.29) is 5.75 Å². The van der Waals surface area contributed by atoms with Gasteiger partial charge in [-0.15, -0.1) is 0 Å². The van der Waals surface area contributed by atoms with Gasteiger partial charge in [0.25, 0.3) is 0 Å². The van der Waals surface area contributed by atoms with Crippen LogP contribution in [0.1, 0.15) is 18.2 Å². The highest BCUT2D eigenvalue weighted by Crippen LogP contribution is 2.33. The number of anilines is 1. The van der Waals surface area contributed by atoms with E-state index in [1.54, 1.807) is 6.07 Å². The zero-order valence-corrected chi connectivity index (χ0v) is 11.1. The van der Waals surface area contributed by atoms with Crippen molar-refractivity contribution in [2.24, 2.45) is 0 Å². The number of alkyl halides is 2. The van der Waals surface area contributed by atoms with Crippen molar-refractivity contribution in [3.05, 3.63) is 29.5 Å². The lowest BCUT2D eigenvalue weighted by molar-refractivity contribution is -0.0489. The highest BCUT2D eigenvalue weighted by Gasteiger charge is 2.15. The van der Waals surface area contributed by atoms with Gasteiger partial charge >= 0.3 is 6.61 Å². The standard InChI is InChI=1S/C14H16F2N2O/c1-4-9-8(2)18-13-10(12(9)17-3)6-5-7-11(13)19-14(15)16/h5-7,14H,4H2,1-3H3,(H,17,18). The van der Waals surface area contributed by atoms with Gasteiger partial charge in [0.05, 0.1) is 0 Å². The molecule has 0 aliphatic carbocycles. The molecule has 0 aliphatic rings. The van der Waals surface area contributed by atoms with Crippen LogP contribution in [-0.2, 0) is 6.42 Å². The molecule has 1 N–H and O–H groups in total. The number of ether oxygens (including phenoxy) is 1. The molecule has 5 heteroatoms. The predicted octanol–water partition coefficient (Wildman–Crippen LogP) is 3.75. The Morgan fingerprint density at radius 3 is 2.68 bits per heavy atom. The molecule has 0 aliphatic heterocycles. The number of fused-ring (bicyclic) bond motifs is 1. The molecule has 2 rings (SSSR count). The minimum absolute atomic E-state index is 0.106. The molecule has 2 aromatic rings. The second kappa shape index (κ2) is 5.38. The van der Waals surface area contributed by atoms with Crippen molar-refractivity contribution in [2.75, 3.05) is 12.4 Å². The van der Waals surface area contributed by atoms with Gasteiger partial charge in [0, 0.05) is 23.8 Å². The molecule has 0 radical (unpaired) electrons. The lowest BCUT2D eigenvalue weighted by Crippen LogP contribution is -2.05. The normalized spacial score (nSPS) is 11.1. The minimum Gasteiger partial charge on any atom is -0.432 e. The molecule has 0 saturated carbocycles. The summed E-state index contributed by atoms with van der Waals surface area (Å²) < 4.78 is 29.4. The Balaban J connectivity index is 2.74. The number of aryl methyl sites for hydroxylation is 1. The number of hydrogen-bond donors (Lipinski definition) is 1. The second-order valence-corrected chi connectivity index (χ2v) is 4.19. The van der Waals surface area contributed by atoms with Crippen LogP contribution in [0.15, 0.2) is 18.2 Å². The first kappa shape index (κ1) is 13.5. The third-order valence-electron chi connectivity index (χ3n) is 3.11. The van der Waals surface area contributed by atoms with Crippen molar-refractivity contribution in [2.45, 2.75) is 26.9 Å². The van der Waals surface area contributed by atoms with E-state index in [4.69, 9.17) is 0 Å². The number of nitrogens with one attached hydrogen (secondary N) is 1. The van der Waals surface area contributed by atoms with Gasteiger partial charge in [-0.25, -0.2) is 4.98 Å². The number of aromatic nitrogens is 1. The van der Waals surface area contributed by atoms with Crippen molar-refractivity contribution in [1.29, 1.82) is 0 Å². The zero-order valence-electron chi connectivity index (χ0n) is 11.1. The van der Waals surface area contributed by atoms with Crippen molar-refractivity contribution < 1.29 is 13.5 Å². The van der Waals surface area contributed by atoms with Crippen LogP contribution >= 0.6 is 0 Å². The zero-order chi connectivity index (χ0) is 14.0. The Labute approximate surface area is 110 Å². The molecular weight excluding hydrogens is 250 g/mol. The van der Waals surface area contributed by atoms with E-state index in [0.717, 1.165) is 28.8 Å². The van der Waals surface area contributed by atoms with E-state index in [9.17, 15) is 8.78 Å². The van der Waals surface area contributed by atoms with Crippen molar-refractivity contribution in [3.63, 3.8) is 0 Å². The summed E-state index contributed by atoms with van der Waals surface area (Å²) in [5.74, 6) is 0.106. The van der Waals surface area contributed by atoms with Crippen LogP contribution in [0.2, 0.25) is 0 Å². The quantitative estimate of drug-likeness (QED) is 0.915. The summed E-state index contributed by atoms with van der Waals surface area (Å²) in [7, 11) is 1.81. The molecule has 0 amide bonds. The summed E-state index contributed by atoms with van der Waals surface area (Å²) in [6.45, 7) is 1.06. The number of para-hydroxylation sites is 1. The van der Waals surface area contributed by atoms with Crippen molar-refractivity contribution in [1.82, 2.24) is 4.98 Å². The SMILES string of the molecule is CCc1c(C)nc2c(OC(F)F)cccc2c1NC. The van der Waals surface area contributed by atoms with Gasteiger partial charge in [0.1, 0.15) is 5.52 Å². The Morgan fingerprint density at radius 2 is 2.11 bits per heavy atom. The van der Waals surface area contributed by atoms with Crippen LogP contribution in [0, 0.1) is 6.92 Å². The first-order chi connectivity index (χ1) is 9.08. The number of rotatable bonds is 4. The van der Waals surface area contributed by atoms with Crippen LogP contribution in [0.3, 0.4) is 0 Å². The molecule has 0 unspecified atom stereocenters. The van der Waals surface area contributed by atoms with E-state index < -0.39 is 6.61 Å². The van der Waals surface area contributed by atoms with Gasteiger partial charge in [-0.1, -0.05) is 19.1 Å². The highest BCUT2D eigenvalue weighted by atomic mass is 19.3. The monoisotopic (exact) mass is 266 g/mol.